The van der Waals surface area contributed by atoms with E-state index in [1.807, 2.05) is 0 Å². The lowest BCUT2D eigenvalue weighted by Gasteiger charge is -2.28. The second-order valence-electron chi connectivity index (χ2n) is 12.3. The van der Waals surface area contributed by atoms with E-state index in [9.17, 15) is 0 Å². The molecule has 0 bridgehead atoms. The molecule has 6 heteroatoms. The Morgan fingerprint density at radius 3 is 2.28 bits per heavy atom. The number of rotatable bonds is 12. The second-order valence-corrected chi connectivity index (χ2v) is 12.6. The molecule has 2 heterocycles. The summed E-state index contributed by atoms with van der Waals surface area (Å²) in [5.41, 5.74) is 6.98. The molecule has 3 aliphatic rings. The normalized spacial score (nSPS) is 15.6. The maximum Gasteiger partial charge on any atom is 0.203 e. The van der Waals surface area contributed by atoms with Crippen molar-refractivity contribution in [2.75, 3.05) is 57.3 Å². The Bertz CT molecular complexity index is 1630. The van der Waals surface area contributed by atoms with Crippen LogP contribution in [0.15, 0.2) is 65.1 Å². The van der Waals surface area contributed by atoms with Gasteiger partial charge in [-0.3, -0.25) is 4.90 Å². The highest BCUT2D eigenvalue weighted by atomic mass is 32.1. The first kappa shape index (κ1) is 31.2. The smallest absolute Gasteiger partial charge is 0.203 e. The van der Waals surface area contributed by atoms with Crippen LogP contribution >= 0.6 is 12.2 Å². The Kier molecular flexibility index (Phi) is 9.57. The molecule has 1 aliphatic carbocycles. The first-order chi connectivity index (χ1) is 20.8. The Morgan fingerprint density at radius 1 is 0.907 bits per heavy atom. The molecule has 1 fully saturated rings. The molecule has 0 radical (unpaired) electrons. The van der Waals surface area contributed by atoms with Crippen LogP contribution in [0.4, 0.5) is 5.69 Å². The van der Waals surface area contributed by atoms with Crippen LogP contribution in [0.25, 0.3) is 33.4 Å². The topological polar surface area (TPSA) is 25.6 Å². The number of thiocarbonyl (C=S) groups is 1. The van der Waals surface area contributed by atoms with Crippen LogP contribution in [0, 0.1) is 0 Å². The van der Waals surface area contributed by atoms with E-state index in [2.05, 4.69) is 128 Å². The van der Waals surface area contributed by atoms with E-state index in [0.29, 0.717) is 5.54 Å². The largest absolute Gasteiger partial charge is 0.456 e. The lowest BCUT2D eigenvalue weighted by molar-refractivity contribution is 0.355. The van der Waals surface area contributed by atoms with Crippen molar-refractivity contribution in [2.24, 2.45) is 0 Å². The minimum absolute atomic E-state index is 0.316. The molecule has 2 aromatic carbocycles. The molecule has 0 amide bonds. The zero-order chi connectivity index (χ0) is 30.7. The van der Waals surface area contributed by atoms with Crippen molar-refractivity contribution in [2.45, 2.75) is 60.4 Å². The van der Waals surface area contributed by atoms with Gasteiger partial charge in [0, 0.05) is 84.7 Å². The van der Waals surface area contributed by atoms with Gasteiger partial charge in [-0.25, -0.2) is 4.58 Å². The molecule has 1 atom stereocenters. The summed E-state index contributed by atoms with van der Waals surface area (Å²) in [6.07, 6.45) is 1.06. The standard InChI is InChI=1S/C37H49N4OS/c1-8-21-40(22-23-41-26-37(41,6)7)36(43)30-16-14-13-15-29(30)35-31-19-17-27(38(9-2)10-3)24-33(31)42-34-25-28(18-20-32(34)35)39(11-4)12-5/h13-20,24-25H,8-12,21-23,26H2,1-7H3/q+1. The van der Waals surface area contributed by atoms with Crippen LogP contribution in [0.1, 0.15) is 60.5 Å². The summed E-state index contributed by atoms with van der Waals surface area (Å²) in [7, 11) is 0. The summed E-state index contributed by atoms with van der Waals surface area (Å²) in [6, 6.07) is 22.1. The third kappa shape index (κ3) is 6.37. The van der Waals surface area contributed by atoms with Gasteiger partial charge in [0.1, 0.15) is 29.4 Å². The molecular formula is C37H49N4OS+. The highest BCUT2D eigenvalue weighted by molar-refractivity contribution is 7.80. The number of fused-ring (bicyclic) bond motifs is 2. The van der Waals surface area contributed by atoms with E-state index in [1.165, 1.54) is 16.6 Å². The summed E-state index contributed by atoms with van der Waals surface area (Å²) >= 11 is 6.31. The molecule has 1 saturated heterocycles. The monoisotopic (exact) mass is 597 g/mol. The maximum absolute atomic E-state index is 6.74. The minimum Gasteiger partial charge on any atom is -0.456 e. The van der Waals surface area contributed by atoms with Crippen molar-refractivity contribution in [3.63, 3.8) is 0 Å². The van der Waals surface area contributed by atoms with Gasteiger partial charge in [-0.05, 0) is 71.7 Å². The summed E-state index contributed by atoms with van der Waals surface area (Å²) < 4.78 is 9.11. The van der Waals surface area contributed by atoms with E-state index in [1.54, 1.807) is 0 Å². The Labute approximate surface area is 263 Å². The molecule has 5 rings (SSSR count). The molecule has 0 saturated carbocycles. The SMILES string of the molecule is CCCN(CCN1CC1(C)C)C(=S)c1ccccc1-c1c2ccc(=[N+](CC)CC)cc-2oc2cc(N(CC)CC)ccc12. The second kappa shape index (κ2) is 13.2. The minimum atomic E-state index is 0.316. The van der Waals surface area contributed by atoms with Crippen LogP contribution in [0.2, 0.25) is 0 Å². The van der Waals surface area contributed by atoms with Gasteiger partial charge in [0.15, 0.2) is 0 Å². The van der Waals surface area contributed by atoms with Gasteiger partial charge in [0.25, 0.3) is 0 Å². The molecule has 2 aromatic rings. The first-order valence-corrected chi connectivity index (χ1v) is 16.6. The predicted molar refractivity (Wildman–Crippen MR) is 187 cm³/mol. The summed E-state index contributed by atoms with van der Waals surface area (Å²) in [6.45, 7) is 23.6. The molecule has 2 aliphatic heterocycles. The van der Waals surface area contributed by atoms with Crippen LogP contribution in [0.5, 0.6) is 0 Å². The Balaban J connectivity index is 1.70. The number of benzene rings is 3. The molecule has 0 N–H and O–H groups in total. The van der Waals surface area contributed by atoms with Crippen molar-refractivity contribution in [3.05, 3.63) is 71.6 Å². The lowest BCUT2D eigenvalue weighted by Crippen LogP contribution is -2.36. The van der Waals surface area contributed by atoms with Gasteiger partial charge in [-0.2, -0.15) is 0 Å². The van der Waals surface area contributed by atoms with E-state index in [4.69, 9.17) is 16.6 Å². The van der Waals surface area contributed by atoms with Crippen LogP contribution in [-0.4, -0.2) is 72.7 Å². The van der Waals surface area contributed by atoms with Crippen molar-refractivity contribution in [1.82, 2.24) is 14.4 Å². The molecule has 1 unspecified atom stereocenters. The number of hydrogen-bond donors (Lipinski definition) is 0. The lowest BCUT2D eigenvalue weighted by atomic mass is 9.90. The summed E-state index contributed by atoms with van der Waals surface area (Å²) in [4.78, 5) is 8.24. The van der Waals surface area contributed by atoms with Gasteiger partial charge in [0.2, 0.25) is 5.36 Å². The van der Waals surface area contributed by atoms with E-state index in [0.717, 1.165) is 97.2 Å². The Hall–Kier alpha value is -3.22. The molecule has 0 aromatic heterocycles. The Morgan fingerprint density at radius 2 is 1.63 bits per heavy atom. The van der Waals surface area contributed by atoms with E-state index < -0.39 is 0 Å². The average molecular weight is 598 g/mol. The van der Waals surface area contributed by atoms with Crippen molar-refractivity contribution in [1.29, 1.82) is 0 Å². The number of nitrogens with zero attached hydrogens (tertiary/aromatic N) is 4. The van der Waals surface area contributed by atoms with Gasteiger partial charge >= 0.3 is 0 Å². The summed E-state index contributed by atoms with van der Waals surface area (Å²) in [5, 5.41) is 2.30. The first-order valence-electron chi connectivity index (χ1n) is 16.2. The third-order valence-corrected chi connectivity index (χ3v) is 9.60. The third-order valence-electron chi connectivity index (χ3n) is 9.12. The molecule has 228 valence electrons. The summed E-state index contributed by atoms with van der Waals surface area (Å²) in [5.74, 6) is 0.901. The fourth-order valence-electron chi connectivity index (χ4n) is 6.43. The van der Waals surface area contributed by atoms with Gasteiger partial charge < -0.3 is 14.2 Å². The van der Waals surface area contributed by atoms with Gasteiger partial charge in [-0.1, -0.05) is 43.4 Å². The fourth-order valence-corrected chi connectivity index (χ4v) is 6.79. The number of anilines is 1. The quantitative estimate of drug-likeness (QED) is 0.0737. The van der Waals surface area contributed by atoms with Crippen LogP contribution < -0.4 is 14.8 Å². The fraction of sp³-hybridized carbons (Fsp3) is 0.459. The highest BCUT2D eigenvalue weighted by Crippen LogP contribution is 2.42. The van der Waals surface area contributed by atoms with E-state index in [-0.39, 0.29) is 0 Å². The molecule has 43 heavy (non-hydrogen) atoms. The molecule has 0 spiro atoms. The predicted octanol–water partition coefficient (Wildman–Crippen LogP) is 7.34. The van der Waals surface area contributed by atoms with Crippen molar-refractivity contribution < 1.29 is 4.42 Å². The highest BCUT2D eigenvalue weighted by Gasteiger charge is 2.42. The molecular weight excluding hydrogens is 549 g/mol. The molecule has 5 nitrogen and oxygen atoms in total. The number of hydrogen-bond acceptors (Lipinski definition) is 4. The maximum atomic E-state index is 6.74. The van der Waals surface area contributed by atoms with E-state index >= 15 is 0 Å². The zero-order valence-corrected chi connectivity index (χ0v) is 28.1. The van der Waals surface area contributed by atoms with Gasteiger partial charge in [-0.15, -0.1) is 0 Å². The van der Waals surface area contributed by atoms with Crippen molar-refractivity contribution in [3.8, 4) is 22.5 Å². The van der Waals surface area contributed by atoms with Crippen molar-refractivity contribution >= 4 is 33.9 Å². The zero-order valence-electron chi connectivity index (χ0n) is 27.2. The van der Waals surface area contributed by atoms with Crippen LogP contribution in [-0.2, 0) is 0 Å². The van der Waals surface area contributed by atoms with Crippen LogP contribution in [0.3, 0.4) is 0 Å². The van der Waals surface area contributed by atoms with Gasteiger partial charge in [0.05, 0.1) is 6.07 Å². The average Bonchev–Trinajstić information content (AvgIpc) is 3.64.